The number of nitrogens with zero attached hydrogens (tertiary/aromatic N) is 1. The van der Waals surface area contributed by atoms with Gasteiger partial charge in [0.15, 0.2) is 0 Å². The van der Waals surface area contributed by atoms with Crippen LogP contribution in [0.2, 0.25) is 0 Å². The van der Waals surface area contributed by atoms with Gasteiger partial charge in [0.1, 0.15) is 17.7 Å². The predicted octanol–water partition coefficient (Wildman–Crippen LogP) is 4.61. The third kappa shape index (κ3) is 10.2. The summed E-state index contributed by atoms with van der Waals surface area (Å²) in [6.45, 7) is 16.8. The number of benzene rings is 1. The molecule has 0 fully saturated rings. The molecule has 0 spiro atoms. The molecule has 34 heavy (non-hydrogen) atoms. The van der Waals surface area contributed by atoms with Crippen molar-refractivity contribution in [3.05, 3.63) is 48.0 Å². The lowest BCUT2D eigenvalue weighted by Gasteiger charge is -2.35. The van der Waals surface area contributed by atoms with Gasteiger partial charge in [0.25, 0.3) is 0 Å². The van der Waals surface area contributed by atoms with Crippen molar-refractivity contribution in [3.8, 4) is 0 Å². The predicted molar refractivity (Wildman–Crippen MR) is 140 cm³/mol. The van der Waals surface area contributed by atoms with Crippen molar-refractivity contribution in [3.63, 3.8) is 0 Å². The van der Waals surface area contributed by atoms with Crippen LogP contribution in [0.1, 0.15) is 65.1 Å². The average Bonchev–Trinajstić information content (AvgIpc) is 2.67. The molecular formula is C26H41N3O4S. The van der Waals surface area contributed by atoms with E-state index < -0.39 is 29.3 Å². The van der Waals surface area contributed by atoms with Crippen LogP contribution in [0.15, 0.2) is 36.9 Å². The molecule has 0 aliphatic heterocycles. The monoisotopic (exact) mass is 491 g/mol. The van der Waals surface area contributed by atoms with Gasteiger partial charge in [0.05, 0.1) is 0 Å². The zero-order chi connectivity index (χ0) is 26.1. The quantitative estimate of drug-likeness (QED) is 0.467. The Labute approximate surface area is 209 Å². The maximum Gasteiger partial charge on any atom is 0.408 e. The van der Waals surface area contributed by atoms with Gasteiger partial charge in [-0.1, -0.05) is 35.9 Å². The minimum absolute atomic E-state index is 0.140. The van der Waals surface area contributed by atoms with Crippen LogP contribution in [0, 0.1) is 6.92 Å². The standard InChI is InChI=1S/C26H41N3O4S/c1-10-15-29(23(31)20(14-16-34-9)27-24(32)33-26(6,7)8)21(22(30)28-25(3,4)5)19-13-11-12-18(2)17-19/h10-13,17,20-21H,1,14-16H2,2-9H3,(H,27,32)(H,28,30). The maximum absolute atomic E-state index is 13.8. The molecule has 0 saturated heterocycles. The summed E-state index contributed by atoms with van der Waals surface area (Å²) in [5.41, 5.74) is 0.477. The summed E-state index contributed by atoms with van der Waals surface area (Å²) in [6, 6.07) is 5.80. The van der Waals surface area contributed by atoms with Crippen molar-refractivity contribution in [2.45, 2.75) is 78.1 Å². The van der Waals surface area contributed by atoms with Crippen LogP contribution in [0.25, 0.3) is 0 Å². The van der Waals surface area contributed by atoms with Crippen molar-refractivity contribution in [1.82, 2.24) is 15.5 Å². The molecule has 3 amide bonds. The molecule has 7 nitrogen and oxygen atoms in total. The van der Waals surface area contributed by atoms with Crippen molar-refractivity contribution in [2.24, 2.45) is 0 Å². The Morgan fingerprint density at radius 1 is 1.18 bits per heavy atom. The number of carbonyl (C=O) groups is 3. The van der Waals surface area contributed by atoms with Crippen LogP contribution in [0.4, 0.5) is 4.79 Å². The minimum Gasteiger partial charge on any atom is -0.444 e. The lowest BCUT2D eigenvalue weighted by atomic mass is 9.99. The van der Waals surface area contributed by atoms with E-state index in [4.69, 9.17) is 4.74 Å². The molecule has 2 atom stereocenters. The van der Waals surface area contributed by atoms with Crippen molar-refractivity contribution >= 4 is 29.7 Å². The number of ether oxygens (including phenoxy) is 1. The molecule has 0 aromatic heterocycles. The molecule has 1 aromatic carbocycles. The van der Waals surface area contributed by atoms with Gasteiger partial charge in [-0.25, -0.2) is 4.79 Å². The highest BCUT2D eigenvalue weighted by molar-refractivity contribution is 7.98. The second-order valence-electron chi connectivity index (χ2n) is 10.3. The SMILES string of the molecule is C=CCN(C(=O)C(CCSC)NC(=O)OC(C)(C)C)C(C(=O)NC(C)(C)C)c1cccc(C)c1. The van der Waals surface area contributed by atoms with E-state index in [0.717, 1.165) is 5.56 Å². The molecule has 8 heteroatoms. The Hall–Kier alpha value is -2.48. The third-order valence-electron chi connectivity index (χ3n) is 4.62. The fourth-order valence-electron chi connectivity index (χ4n) is 3.36. The number of rotatable bonds is 10. The molecule has 1 aromatic rings. The summed E-state index contributed by atoms with van der Waals surface area (Å²) >= 11 is 1.57. The number of thioether (sulfide) groups is 1. The van der Waals surface area contributed by atoms with Gasteiger partial charge >= 0.3 is 6.09 Å². The van der Waals surface area contributed by atoms with E-state index in [1.54, 1.807) is 38.6 Å². The molecule has 0 bridgehead atoms. The minimum atomic E-state index is -0.887. The molecule has 0 aliphatic rings. The van der Waals surface area contributed by atoms with E-state index in [-0.39, 0.29) is 18.4 Å². The molecule has 190 valence electrons. The molecule has 0 heterocycles. The Morgan fingerprint density at radius 2 is 1.82 bits per heavy atom. The number of carbonyl (C=O) groups excluding carboxylic acids is 3. The molecule has 2 N–H and O–H groups in total. The Kier molecular flexibility index (Phi) is 11.2. The number of hydrogen-bond acceptors (Lipinski definition) is 5. The molecule has 0 saturated carbocycles. The highest BCUT2D eigenvalue weighted by Gasteiger charge is 2.36. The van der Waals surface area contributed by atoms with Gasteiger partial charge in [0, 0.05) is 12.1 Å². The van der Waals surface area contributed by atoms with Crippen molar-refractivity contribution < 1.29 is 19.1 Å². The first-order chi connectivity index (χ1) is 15.7. The smallest absolute Gasteiger partial charge is 0.408 e. The lowest BCUT2D eigenvalue weighted by Crippen LogP contribution is -2.54. The number of aryl methyl sites for hydroxylation is 1. The summed E-state index contributed by atoms with van der Waals surface area (Å²) in [4.78, 5) is 41.3. The zero-order valence-electron chi connectivity index (χ0n) is 21.9. The van der Waals surface area contributed by atoms with Crippen LogP contribution >= 0.6 is 11.8 Å². The van der Waals surface area contributed by atoms with E-state index in [1.165, 1.54) is 4.90 Å². The fourth-order valence-corrected chi connectivity index (χ4v) is 3.83. The van der Waals surface area contributed by atoms with Crippen LogP contribution in [0.5, 0.6) is 0 Å². The summed E-state index contributed by atoms with van der Waals surface area (Å²) in [5.74, 6) is -0.0122. The maximum atomic E-state index is 13.8. The van der Waals surface area contributed by atoms with Crippen LogP contribution in [-0.4, -0.2) is 58.5 Å². The highest BCUT2D eigenvalue weighted by atomic mass is 32.2. The van der Waals surface area contributed by atoms with E-state index >= 15 is 0 Å². The topological polar surface area (TPSA) is 87.7 Å². The molecule has 1 rings (SSSR count). The summed E-state index contributed by atoms with van der Waals surface area (Å²) in [7, 11) is 0. The van der Waals surface area contributed by atoms with E-state index in [2.05, 4.69) is 17.2 Å². The van der Waals surface area contributed by atoms with E-state index in [0.29, 0.717) is 17.7 Å². The second kappa shape index (κ2) is 12.8. The van der Waals surface area contributed by atoms with Crippen molar-refractivity contribution in [2.75, 3.05) is 18.6 Å². The number of hydrogen-bond donors (Lipinski definition) is 2. The van der Waals surface area contributed by atoms with Gasteiger partial charge in [0.2, 0.25) is 11.8 Å². The highest BCUT2D eigenvalue weighted by Crippen LogP contribution is 2.25. The first-order valence-corrected chi connectivity index (χ1v) is 12.9. The van der Waals surface area contributed by atoms with Gasteiger partial charge < -0.3 is 20.3 Å². The zero-order valence-corrected chi connectivity index (χ0v) is 22.7. The number of nitrogens with one attached hydrogen (secondary N) is 2. The van der Waals surface area contributed by atoms with Crippen LogP contribution < -0.4 is 10.6 Å². The first-order valence-electron chi connectivity index (χ1n) is 11.5. The first kappa shape index (κ1) is 29.6. The van der Waals surface area contributed by atoms with Crippen LogP contribution in [-0.2, 0) is 14.3 Å². The Bertz CT molecular complexity index is 858. The van der Waals surface area contributed by atoms with E-state index in [1.807, 2.05) is 58.2 Å². The second-order valence-corrected chi connectivity index (χ2v) is 11.3. The van der Waals surface area contributed by atoms with Gasteiger partial charge in [-0.2, -0.15) is 11.8 Å². The lowest BCUT2D eigenvalue weighted by molar-refractivity contribution is -0.142. The average molecular weight is 492 g/mol. The normalized spacial score (nSPS) is 13.4. The summed E-state index contributed by atoms with van der Waals surface area (Å²) in [5, 5.41) is 5.72. The van der Waals surface area contributed by atoms with Gasteiger partial charge in [-0.05, 0) is 72.5 Å². The third-order valence-corrected chi connectivity index (χ3v) is 5.27. The van der Waals surface area contributed by atoms with E-state index in [9.17, 15) is 14.4 Å². The molecule has 2 unspecified atom stereocenters. The summed E-state index contributed by atoms with van der Waals surface area (Å²) in [6.07, 6.45) is 3.25. The van der Waals surface area contributed by atoms with Gasteiger partial charge in [-0.3, -0.25) is 9.59 Å². The Balaban J connectivity index is 3.43. The summed E-state index contributed by atoms with van der Waals surface area (Å²) < 4.78 is 5.39. The molecule has 0 aliphatic carbocycles. The fraction of sp³-hybridized carbons (Fsp3) is 0.577. The molecular weight excluding hydrogens is 450 g/mol. The largest absolute Gasteiger partial charge is 0.444 e. The van der Waals surface area contributed by atoms with Crippen LogP contribution in [0.3, 0.4) is 0 Å². The number of alkyl carbamates (subject to hydrolysis) is 1. The molecule has 0 radical (unpaired) electrons. The van der Waals surface area contributed by atoms with Crippen molar-refractivity contribution in [1.29, 1.82) is 0 Å². The van der Waals surface area contributed by atoms with Gasteiger partial charge in [-0.15, -0.1) is 6.58 Å². The number of amides is 3. The Morgan fingerprint density at radius 3 is 2.32 bits per heavy atom.